The topological polar surface area (TPSA) is 35.2 Å². The van der Waals surface area contributed by atoms with Crippen molar-refractivity contribution in [2.24, 2.45) is 0 Å². The van der Waals surface area contributed by atoms with Crippen LogP contribution in [0.3, 0.4) is 0 Å². The Bertz CT molecular complexity index is 506. The molecular formula is C13H11Cl2NO. The van der Waals surface area contributed by atoms with Crippen molar-refractivity contribution in [3.63, 3.8) is 0 Å². The molecular weight excluding hydrogens is 257 g/mol. The zero-order chi connectivity index (χ0) is 12.4. The molecule has 17 heavy (non-hydrogen) atoms. The van der Waals surface area contributed by atoms with E-state index in [0.717, 1.165) is 5.56 Å². The molecule has 0 aliphatic carbocycles. The van der Waals surface area contributed by atoms with Gasteiger partial charge < -0.3 is 10.5 Å². The van der Waals surface area contributed by atoms with Gasteiger partial charge in [0.15, 0.2) is 0 Å². The minimum Gasteiger partial charge on any atom is -0.454 e. The van der Waals surface area contributed by atoms with Gasteiger partial charge in [-0.05, 0) is 42.8 Å². The maximum absolute atomic E-state index is 6.07. The molecule has 88 valence electrons. The van der Waals surface area contributed by atoms with E-state index in [1.54, 1.807) is 18.2 Å². The molecule has 0 saturated carbocycles. The van der Waals surface area contributed by atoms with Gasteiger partial charge in [0, 0.05) is 5.02 Å². The summed E-state index contributed by atoms with van der Waals surface area (Å²) in [6.45, 7) is 1.96. The van der Waals surface area contributed by atoms with Gasteiger partial charge in [-0.2, -0.15) is 0 Å². The summed E-state index contributed by atoms with van der Waals surface area (Å²) in [5.74, 6) is 1.12. The molecule has 0 aliphatic rings. The van der Waals surface area contributed by atoms with E-state index in [-0.39, 0.29) is 0 Å². The zero-order valence-corrected chi connectivity index (χ0v) is 10.7. The highest BCUT2D eigenvalue weighted by atomic mass is 35.5. The minimum atomic E-state index is 0.481. The van der Waals surface area contributed by atoms with Gasteiger partial charge in [-0.1, -0.05) is 29.3 Å². The molecule has 0 fully saturated rings. The molecule has 2 N–H and O–H groups in total. The van der Waals surface area contributed by atoms with E-state index in [9.17, 15) is 0 Å². The summed E-state index contributed by atoms with van der Waals surface area (Å²) in [4.78, 5) is 0. The van der Waals surface area contributed by atoms with Crippen LogP contribution in [-0.4, -0.2) is 0 Å². The summed E-state index contributed by atoms with van der Waals surface area (Å²) >= 11 is 11.9. The molecule has 0 atom stereocenters. The fourth-order valence-corrected chi connectivity index (χ4v) is 1.87. The molecule has 2 rings (SSSR count). The third kappa shape index (κ3) is 2.84. The third-order valence-electron chi connectivity index (χ3n) is 2.28. The third-order valence-corrected chi connectivity index (χ3v) is 2.81. The number of rotatable bonds is 2. The fourth-order valence-electron chi connectivity index (χ4n) is 1.42. The monoisotopic (exact) mass is 267 g/mol. The average molecular weight is 268 g/mol. The van der Waals surface area contributed by atoms with E-state index < -0.39 is 0 Å². The standard InChI is InChI=1S/C13H11Cl2NO/c1-8-2-4-12(10(15)6-8)17-13-5-3-9(14)7-11(13)16/h2-7H,16H2,1H3. The van der Waals surface area contributed by atoms with Crippen LogP contribution in [-0.2, 0) is 0 Å². The molecule has 0 bridgehead atoms. The van der Waals surface area contributed by atoms with Crippen LogP contribution in [0, 0.1) is 6.92 Å². The Kier molecular flexibility index (Phi) is 3.46. The summed E-state index contributed by atoms with van der Waals surface area (Å²) < 4.78 is 5.63. The first kappa shape index (κ1) is 12.1. The van der Waals surface area contributed by atoms with Gasteiger partial charge in [0.25, 0.3) is 0 Å². The second-order valence-corrected chi connectivity index (χ2v) is 4.56. The number of ether oxygens (including phenoxy) is 1. The molecule has 0 radical (unpaired) electrons. The molecule has 0 aliphatic heterocycles. The van der Waals surface area contributed by atoms with Gasteiger partial charge in [-0.15, -0.1) is 0 Å². The summed E-state index contributed by atoms with van der Waals surface area (Å²) in [5, 5.41) is 1.13. The molecule has 0 spiro atoms. The van der Waals surface area contributed by atoms with Crippen LogP contribution in [0.4, 0.5) is 5.69 Å². The van der Waals surface area contributed by atoms with Crippen molar-refractivity contribution in [3.8, 4) is 11.5 Å². The van der Waals surface area contributed by atoms with Crippen molar-refractivity contribution in [2.75, 3.05) is 5.73 Å². The van der Waals surface area contributed by atoms with Crippen molar-refractivity contribution in [1.29, 1.82) is 0 Å². The maximum atomic E-state index is 6.07. The lowest BCUT2D eigenvalue weighted by Gasteiger charge is -2.10. The Balaban J connectivity index is 2.31. The number of nitrogen functional groups attached to an aromatic ring is 1. The van der Waals surface area contributed by atoms with Crippen LogP contribution in [0.5, 0.6) is 11.5 Å². The van der Waals surface area contributed by atoms with Crippen LogP contribution in [0.25, 0.3) is 0 Å². The number of halogens is 2. The number of hydrogen-bond donors (Lipinski definition) is 1. The van der Waals surface area contributed by atoms with Gasteiger partial charge in [-0.3, -0.25) is 0 Å². The summed E-state index contributed by atoms with van der Waals surface area (Å²) in [6, 6.07) is 10.6. The maximum Gasteiger partial charge on any atom is 0.150 e. The van der Waals surface area contributed by atoms with Gasteiger partial charge in [0.2, 0.25) is 0 Å². The SMILES string of the molecule is Cc1ccc(Oc2ccc(Cl)cc2N)c(Cl)c1. The molecule has 0 unspecified atom stereocenters. The van der Waals surface area contributed by atoms with Crippen molar-refractivity contribution in [3.05, 3.63) is 52.0 Å². The Morgan fingerprint density at radius 3 is 2.35 bits per heavy atom. The summed E-state index contributed by atoms with van der Waals surface area (Å²) in [5.41, 5.74) is 7.35. The number of nitrogens with two attached hydrogens (primary N) is 1. The van der Waals surface area contributed by atoms with Crippen LogP contribution in [0.1, 0.15) is 5.56 Å². The second-order valence-electron chi connectivity index (χ2n) is 3.72. The van der Waals surface area contributed by atoms with Crippen molar-refractivity contribution >= 4 is 28.9 Å². The van der Waals surface area contributed by atoms with E-state index in [2.05, 4.69) is 0 Å². The molecule has 2 nitrogen and oxygen atoms in total. The van der Waals surface area contributed by atoms with Crippen LogP contribution in [0.2, 0.25) is 10.0 Å². The predicted molar refractivity (Wildman–Crippen MR) is 72.1 cm³/mol. The molecule has 0 heterocycles. The average Bonchev–Trinajstić information content (AvgIpc) is 2.25. The Morgan fingerprint density at radius 1 is 1.00 bits per heavy atom. The highest BCUT2D eigenvalue weighted by Crippen LogP contribution is 2.33. The molecule has 0 saturated heterocycles. The minimum absolute atomic E-state index is 0.481. The zero-order valence-electron chi connectivity index (χ0n) is 9.21. The first-order chi connectivity index (χ1) is 8.06. The number of benzene rings is 2. The van der Waals surface area contributed by atoms with E-state index >= 15 is 0 Å². The van der Waals surface area contributed by atoms with Crippen LogP contribution < -0.4 is 10.5 Å². The molecule has 2 aromatic carbocycles. The first-order valence-corrected chi connectivity index (χ1v) is 5.81. The number of hydrogen-bond acceptors (Lipinski definition) is 2. The summed E-state index contributed by atoms with van der Waals surface area (Å²) in [6.07, 6.45) is 0. The quantitative estimate of drug-likeness (QED) is 0.803. The predicted octanol–water partition coefficient (Wildman–Crippen LogP) is 4.68. The second kappa shape index (κ2) is 4.86. The lowest BCUT2D eigenvalue weighted by molar-refractivity contribution is 0.485. The lowest BCUT2D eigenvalue weighted by Crippen LogP contribution is -1.92. The van der Waals surface area contributed by atoms with Gasteiger partial charge >= 0.3 is 0 Å². The van der Waals surface area contributed by atoms with Crippen LogP contribution in [0.15, 0.2) is 36.4 Å². The highest BCUT2D eigenvalue weighted by Gasteiger charge is 2.06. The molecule has 4 heteroatoms. The fraction of sp³-hybridized carbons (Fsp3) is 0.0769. The van der Waals surface area contributed by atoms with Crippen molar-refractivity contribution in [2.45, 2.75) is 6.92 Å². The number of aryl methyl sites for hydroxylation is 1. The van der Waals surface area contributed by atoms with Crippen LogP contribution >= 0.6 is 23.2 Å². The first-order valence-electron chi connectivity index (χ1n) is 5.05. The molecule has 0 amide bonds. The Morgan fingerprint density at radius 2 is 1.71 bits per heavy atom. The van der Waals surface area contributed by atoms with E-state index in [0.29, 0.717) is 27.2 Å². The molecule has 2 aromatic rings. The van der Waals surface area contributed by atoms with Gasteiger partial charge in [0.05, 0.1) is 10.7 Å². The van der Waals surface area contributed by atoms with Gasteiger partial charge in [-0.25, -0.2) is 0 Å². The van der Waals surface area contributed by atoms with Crippen molar-refractivity contribution in [1.82, 2.24) is 0 Å². The van der Waals surface area contributed by atoms with Crippen molar-refractivity contribution < 1.29 is 4.74 Å². The van der Waals surface area contributed by atoms with E-state index in [1.165, 1.54) is 0 Å². The van der Waals surface area contributed by atoms with E-state index in [1.807, 2.05) is 25.1 Å². The summed E-state index contributed by atoms with van der Waals surface area (Å²) in [7, 11) is 0. The van der Waals surface area contributed by atoms with Gasteiger partial charge in [0.1, 0.15) is 11.5 Å². The normalized spacial score (nSPS) is 10.3. The number of anilines is 1. The van der Waals surface area contributed by atoms with E-state index in [4.69, 9.17) is 33.7 Å². The largest absolute Gasteiger partial charge is 0.454 e. The molecule has 0 aromatic heterocycles. The smallest absolute Gasteiger partial charge is 0.150 e. The highest BCUT2D eigenvalue weighted by molar-refractivity contribution is 6.32. The Labute approximate surface area is 110 Å². The lowest BCUT2D eigenvalue weighted by atomic mass is 10.2. The Hall–Kier alpha value is -1.38.